The molecule has 1 fully saturated rings. The van der Waals surface area contributed by atoms with Crippen LogP contribution in [0.2, 0.25) is 0 Å². The van der Waals surface area contributed by atoms with Crippen LogP contribution in [0.15, 0.2) is 29.2 Å². The Kier molecular flexibility index (Phi) is 4.52. The molecule has 0 aromatic heterocycles. The maximum absolute atomic E-state index is 12.0. The molecule has 0 atom stereocenters. The molecule has 1 aromatic rings. The standard InChI is InChI=1S/C14H18N2O5S/c1-16(2)22(20,21)12-5-3-9(4-6-12)13(17)15-11-7-10(8-11)14(18)19/h3-6,10-11H,7-8H2,1-2H3,(H,15,17)(H,18,19). The first-order valence-corrected chi connectivity index (χ1v) is 8.22. The molecule has 22 heavy (non-hydrogen) atoms. The molecule has 1 amide bonds. The summed E-state index contributed by atoms with van der Waals surface area (Å²) >= 11 is 0. The zero-order chi connectivity index (χ0) is 16.5. The fraction of sp³-hybridized carbons (Fsp3) is 0.429. The highest BCUT2D eigenvalue weighted by Gasteiger charge is 2.35. The number of benzene rings is 1. The molecule has 0 radical (unpaired) electrons. The van der Waals surface area contributed by atoms with Crippen molar-refractivity contribution in [3.63, 3.8) is 0 Å². The third-order valence-electron chi connectivity index (χ3n) is 3.72. The van der Waals surface area contributed by atoms with Gasteiger partial charge in [-0.1, -0.05) is 0 Å². The molecule has 1 aliphatic rings. The summed E-state index contributed by atoms with van der Waals surface area (Å²) in [5, 5.41) is 11.5. The van der Waals surface area contributed by atoms with E-state index in [4.69, 9.17) is 5.11 Å². The van der Waals surface area contributed by atoms with Gasteiger partial charge in [0.25, 0.3) is 5.91 Å². The van der Waals surface area contributed by atoms with Crippen molar-refractivity contribution in [2.45, 2.75) is 23.8 Å². The highest BCUT2D eigenvalue weighted by atomic mass is 32.2. The van der Waals surface area contributed by atoms with Crippen LogP contribution in [0.1, 0.15) is 23.2 Å². The highest BCUT2D eigenvalue weighted by molar-refractivity contribution is 7.89. The van der Waals surface area contributed by atoms with Crippen LogP contribution in [-0.2, 0) is 14.8 Å². The van der Waals surface area contributed by atoms with Gasteiger partial charge in [-0.2, -0.15) is 0 Å². The summed E-state index contributed by atoms with van der Waals surface area (Å²) in [5.41, 5.74) is 0.344. The Bertz CT molecular complexity index is 676. The SMILES string of the molecule is CN(C)S(=O)(=O)c1ccc(C(=O)NC2CC(C(=O)O)C2)cc1. The fourth-order valence-corrected chi connectivity index (χ4v) is 3.10. The molecular formula is C14H18N2O5S. The summed E-state index contributed by atoms with van der Waals surface area (Å²) in [6, 6.07) is 5.51. The van der Waals surface area contributed by atoms with Crippen LogP contribution in [0.5, 0.6) is 0 Å². The van der Waals surface area contributed by atoms with Gasteiger partial charge in [0.15, 0.2) is 0 Å². The number of hydrogen-bond acceptors (Lipinski definition) is 4. The van der Waals surface area contributed by atoms with E-state index in [0.29, 0.717) is 18.4 Å². The number of rotatable bonds is 5. The summed E-state index contributed by atoms with van der Waals surface area (Å²) < 4.78 is 24.9. The minimum atomic E-state index is -3.52. The number of aliphatic carboxylic acids is 1. The molecule has 0 aliphatic heterocycles. The van der Waals surface area contributed by atoms with Crippen molar-refractivity contribution in [1.29, 1.82) is 0 Å². The Labute approximate surface area is 129 Å². The van der Waals surface area contributed by atoms with E-state index in [-0.39, 0.29) is 16.8 Å². The highest BCUT2D eigenvalue weighted by Crippen LogP contribution is 2.27. The van der Waals surface area contributed by atoms with Crippen molar-refractivity contribution in [2.24, 2.45) is 5.92 Å². The summed E-state index contributed by atoms with van der Waals surface area (Å²) in [6.45, 7) is 0. The minimum absolute atomic E-state index is 0.114. The van der Waals surface area contributed by atoms with Crippen molar-refractivity contribution in [1.82, 2.24) is 9.62 Å². The average Bonchev–Trinajstić information content (AvgIpc) is 2.41. The van der Waals surface area contributed by atoms with E-state index in [0.717, 1.165) is 4.31 Å². The van der Waals surface area contributed by atoms with Crippen LogP contribution >= 0.6 is 0 Å². The van der Waals surface area contributed by atoms with Gasteiger partial charge in [0.05, 0.1) is 10.8 Å². The summed E-state index contributed by atoms with van der Waals surface area (Å²) in [7, 11) is -0.644. The van der Waals surface area contributed by atoms with Crippen LogP contribution in [0, 0.1) is 5.92 Å². The second-order valence-corrected chi connectivity index (χ2v) is 7.64. The van der Waals surface area contributed by atoms with Gasteiger partial charge in [-0.25, -0.2) is 12.7 Å². The molecule has 120 valence electrons. The first-order valence-electron chi connectivity index (χ1n) is 6.78. The maximum Gasteiger partial charge on any atom is 0.306 e. The molecule has 0 bridgehead atoms. The molecule has 2 N–H and O–H groups in total. The van der Waals surface area contributed by atoms with Gasteiger partial charge in [0, 0.05) is 25.7 Å². The van der Waals surface area contributed by atoms with E-state index in [1.807, 2.05) is 0 Å². The Morgan fingerprint density at radius 1 is 1.18 bits per heavy atom. The third kappa shape index (κ3) is 3.28. The zero-order valence-corrected chi connectivity index (χ0v) is 13.1. The summed E-state index contributed by atoms with van der Waals surface area (Å²) in [5.74, 6) is -1.57. The predicted octanol–water partition coefficient (Wildman–Crippen LogP) is 0.530. The van der Waals surface area contributed by atoms with Crippen LogP contribution < -0.4 is 5.32 Å². The number of sulfonamides is 1. The van der Waals surface area contributed by atoms with Gasteiger partial charge in [-0.15, -0.1) is 0 Å². The molecule has 2 rings (SSSR count). The number of carboxylic acid groups (broad SMARTS) is 1. The van der Waals surface area contributed by atoms with Gasteiger partial charge in [-0.3, -0.25) is 9.59 Å². The molecule has 1 aromatic carbocycles. The quantitative estimate of drug-likeness (QED) is 0.821. The van der Waals surface area contributed by atoms with E-state index in [1.54, 1.807) is 0 Å². The van der Waals surface area contributed by atoms with E-state index < -0.39 is 21.9 Å². The first kappa shape index (κ1) is 16.4. The lowest BCUT2D eigenvalue weighted by atomic mass is 9.80. The van der Waals surface area contributed by atoms with Crippen molar-refractivity contribution in [3.8, 4) is 0 Å². The second kappa shape index (κ2) is 6.05. The van der Waals surface area contributed by atoms with Crippen LogP contribution in [0.25, 0.3) is 0 Å². The van der Waals surface area contributed by atoms with Crippen molar-refractivity contribution < 1.29 is 23.1 Å². The van der Waals surface area contributed by atoms with Crippen molar-refractivity contribution in [2.75, 3.05) is 14.1 Å². The van der Waals surface area contributed by atoms with Crippen molar-refractivity contribution >= 4 is 21.9 Å². The summed E-state index contributed by atoms with van der Waals surface area (Å²) in [6.07, 6.45) is 0.850. The van der Waals surface area contributed by atoms with E-state index >= 15 is 0 Å². The molecule has 1 saturated carbocycles. The van der Waals surface area contributed by atoms with Gasteiger partial charge in [0.2, 0.25) is 10.0 Å². The number of nitrogens with one attached hydrogen (secondary N) is 1. The predicted molar refractivity (Wildman–Crippen MR) is 78.9 cm³/mol. The monoisotopic (exact) mass is 326 g/mol. The van der Waals surface area contributed by atoms with Gasteiger partial charge < -0.3 is 10.4 Å². The lowest BCUT2D eigenvalue weighted by molar-refractivity contribution is -0.145. The smallest absolute Gasteiger partial charge is 0.306 e. The molecule has 1 aliphatic carbocycles. The lowest BCUT2D eigenvalue weighted by Crippen LogP contribution is -2.46. The Hall–Kier alpha value is -1.93. The lowest BCUT2D eigenvalue weighted by Gasteiger charge is -2.32. The number of carbonyl (C=O) groups excluding carboxylic acids is 1. The van der Waals surface area contributed by atoms with Gasteiger partial charge >= 0.3 is 5.97 Å². The van der Waals surface area contributed by atoms with E-state index in [9.17, 15) is 18.0 Å². The molecule has 0 saturated heterocycles. The minimum Gasteiger partial charge on any atom is -0.481 e. The van der Waals surface area contributed by atoms with Crippen molar-refractivity contribution in [3.05, 3.63) is 29.8 Å². The summed E-state index contributed by atoms with van der Waals surface area (Å²) in [4.78, 5) is 22.8. The Morgan fingerprint density at radius 2 is 1.73 bits per heavy atom. The number of carboxylic acids is 1. The van der Waals surface area contributed by atoms with E-state index in [2.05, 4.69) is 5.32 Å². The normalized spacial score (nSPS) is 21.2. The average molecular weight is 326 g/mol. The first-order chi connectivity index (χ1) is 10.2. The third-order valence-corrected chi connectivity index (χ3v) is 5.55. The molecule has 8 heteroatoms. The van der Waals surface area contributed by atoms with Gasteiger partial charge in [-0.05, 0) is 37.1 Å². The topological polar surface area (TPSA) is 104 Å². The molecule has 0 unspecified atom stereocenters. The largest absolute Gasteiger partial charge is 0.481 e. The van der Waals surface area contributed by atoms with Crippen LogP contribution in [0.3, 0.4) is 0 Å². The molecular weight excluding hydrogens is 308 g/mol. The van der Waals surface area contributed by atoms with Crippen LogP contribution in [0.4, 0.5) is 0 Å². The van der Waals surface area contributed by atoms with Gasteiger partial charge in [0.1, 0.15) is 0 Å². The van der Waals surface area contributed by atoms with Crippen LogP contribution in [-0.4, -0.2) is 49.8 Å². The fourth-order valence-electron chi connectivity index (χ4n) is 2.20. The van der Waals surface area contributed by atoms with E-state index in [1.165, 1.54) is 38.4 Å². The zero-order valence-electron chi connectivity index (χ0n) is 12.3. The molecule has 7 nitrogen and oxygen atoms in total. The Morgan fingerprint density at radius 3 is 2.18 bits per heavy atom. The number of hydrogen-bond donors (Lipinski definition) is 2. The maximum atomic E-state index is 12.0. The second-order valence-electron chi connectivity index (χ2n) is 5.49. The molecule has 0 heterocycles. The Balaban J connectivity index is 1.99. The number of carbonyl (C=O) groups is 2. The number of amides is 1. The molecule has 0 spiro atoms. The number of nitrogens with zero attached hydrogens (tertiary/aromatic N) is 1.